The number of aliphatic carboxylic acids is 1. The fourth-order valence-corrected chi connectivity index (χ4v) is 0.889. The van der Waals surface area contributed by atoms with E-state index >= 15 is 0 Å². The number of hydrogen-bond donors (Lipinski definition) is 3. The number of phenols is 1. The summed E-state index contributed by atoms with van der Waals surface area (Å²) in [5.74, 6) is -0.941. The van der Waals surface area contributed by atoms with Gasteiger partial charge in [0.25, 0.3) is 0 Å². The van der Waals surface area contributed by atoms with Gasteiger partial charge in [-0.2, -0.15) is 0 Å². The Morgan fingerprint density at radius 2 is 2.17 bits per heavy atom. The van der Waals surface area contributed by atoms with Crippen LogP contribution in [0.2, 0.25) is 0 Å². The van der Waals surface area contributed by atoms with Crippen LogP contribution in [0.1, 0.15) is 5.56 Å². The van der Waals surface area contributed by atoms with Crippen LogP contribution in [0, 0.1) is 0 Å². The minimum absolute atomic E-state index is 0.0239. The predicted molar refractivity (Wildman–Crippen MR) is 43.9 cm³/mol. The molecule has 12 heavy (non-hydrogen) atoms. The fraction of sp³-hybridized carbons (Fsp3) is 0.125. The molecule has 0 bridgehead atoms. The highest BCUT2D eigenvalue weighted by Crippen LogP contribution is 2.20. The molecule has 64 valence electrons. The molecule has 0 fully saturated rings. The third kappa shape index (κ3) is 1.88. The summed E-state index contributed by atoms with van der Waals surface area (Å²) >= 11 is 0. The Bertz CT molecular complexity index is 309. The monoisotopic (exact) mass is 167 g/mol. The second-order valence-electron chi connectivity index (χ2n) is 2.46. The average Bonchev–Trinajstić information content (AvgIpc) is 1.96. The van der Waals surface area contributed by atoms with E-state index in [0.29, 0.717) is 5.56 Å². The predicted octanol–water partition coefficient (Wildman–Crippen LogP) is 0.602. The molecule has 0 saturated carbocycles. The van der Waals surface area contributed by atoms with Gasteiger partial charge >= 0.3 is 5.97 Å². The number of nitrogen functional groups attached to an aromatic ring is 1. The molecule has 0 aliphatic rings. The molecule has 0 unspecified atom stereocenters. The van der Waals surface area contributed by atoms with Gasteiger partial charge in [-0.25, -0.2) is 0 Å². The summed E-state index contributed by atoms with van der Waals surface area (Å²) < 4.78 is 0. The van der Waals surface area contributed by atoms with Gasteiger partial charge in [-0.3, -0.25) is 4.79 Å². The van der Waals surface area contributed by atoms with Crippen LogP contribution in [0.4, 0.5) is 5.69 Å². The Hall–Kier alpha value is -1.71. The Balaban J connectivity index is 2.89. The second kappa shape index (κ2) is 3.13. The van der Waals surface area contributed by atoms with Gasteiger partial charge in [-0.05, 0) is 17.7 Å². The van der Waals surface area contributed by atoms with Gasteiger partial charge < -0.3 is 15.9 Å². The maximum absolute atomic E-state index is 10.3. The first kappa shape index (κ1) is 8.39. The highest BCUT2D eigenvalue weighted by molar-refractivity contribution is 5.71. The van der Waals surface area contributed by atoms with Gasteiger partial charge in [0.2, 0.25) is 0 Å². The molecule has 0 aliphatic heterocycles. The van der Waals surface area contributed by atoms with E-state index in [1.807, 2.05) is 0 Å². The van der Waals surface area contributed by atoms with Crippen molar-refractivity contribution in [1.82, 2.24) is 0 Å². The van der Waals surface area contributed by atoms with E-state index in [1.165, 1.54) is 18.2 Å². The van der Waals surface area contributed by atoms with Gasteiger partial charge in [0.05, 0.1) is 12.1 Å². The van der Waals surface area contributed by atoms with Crippen LogP contribution >= 0.6 is 0 Å². The number of carboxylic acids is 1. The smallest absolute Gasteiger partial charge is 0.307 e. The van der Waals surface area contributed by atoms with E-state index in [2.05, 4.69) is 0 Å². The molecular formula is C8H9NO3. The van der Waals surface area contributed by atoms with Crippen molar-refractivity contribution >= 4 is 11.7 Å². The second-order valence-corrected chi connectivity index (χ2v) is 2.46. The Kier molecular flexibility index (Phi) is 2.19. The highest BCUT2D eigenvalue weighted by Gasteiger charge is 2.02. The summed E-state index contributed by atoms with van der Waals surface area (Å²) in [7, 11) is 0. The Morgan fingerprint density at radius 1 is 1.50 bits per heavy atom. The van der Waals surface area contributed by atoms with Crippen molar-refractivity contribution in [2.75, 3.05) is 5.73 Å². The first-order valence-corrected chi connectivity index (χ1v) is 3.39. The molecule has 4 N–H and O–H groups in total. The Labute approximate surface area is 69.3 Å². The van der Waals surface area contributed by atoms with E-state index in [1.54, 1.807) is 0 Å². The van der Waals surface area contributed by atoms with Gasteiger partial charge in [0.15, 0.2) is 0 Å². The van der Waals surface area contributed by atoms with Crippen LogP contribution < -0.4 is 5.73 Å². The van der Waals surface area contributed by atoms with Crippen LogP contribution in [-0.4, -0.2) is 16.2 Å². The van der Waals surface area contributed by atoms with Crippen molar-refractivity contribution in [1.29, 1.82) is 0 Å². The minimum Gasteiger partial charge on any atom is -0.506 e. The molecule has 1 aromatic carbocycles. The maximum Gasteiger partial charge on any atom is 0.307 e. The lowest BCUT2D eigenvalue weighted by Gasteiger charge is -2.00. The molecule has 0 saturated heterocycles. The van der Waals surface area contributed by atoms with Crippen molar-refractivity contribution in [2.24, 2.45) is 0 Å². The molecule has 0 aliphatic carbocycles. The van der Waals surface area contributed by atoms with Crippen LogP contribution in [0.3, 0.4) is 0 Å². The van der Waals surface area contributed by atoms with Crippen LogP contribution in [-0.2, 0) is 11.2 Å². The molecule has 0 amide bonds. The van der Waals surface area contributed by atoms with E-state index in [9.17, 15) is 4.79 Å². The summed E-state index contributed by atoms with van der Waals surface area (Å²) in [5, 5.41) is 17.4. The normalized spacial score (nSPS) is 9.67. The fourth-order valence-electron chi connectivity index (χ4n) is 0.889. The lowest BCUT2D eigenvalue weighted by molar-refractivity contribution is -0.136. The summed E-state index contributed by atoms with van der Waals surface area (Å²) in [6, 6.07) is 4.36. The van der Waals surface area contributed by atoms with Crippen molar-refractivity contribution in [3.8, 4) is 5.75 Å². The van der Waals surface area contributed by atoms with Crippen LogP contribution in [0.15, 0.2) is 18.2 Å². The zero-order chi connectivity index (χ0) is 9.14. The summed E-state index contributed by atoms with van der Waals surface area (Å²) in [4.78, 5) is 10.3. The highest BCUT2D eigenvalue weighted by atomic mass is 16.4. The van der Waals surface area contributed by atoms with Gasteiger partial charge in [-0.1, -0.05) is 6.07 Å². The topological polar surface area (TPSA) is 83.6 Å². The number of benzene rings is 1. The largest absolute Gasteiger partial charge is 0.506 e. The van der Waals surface area contributed by atoms with Crippen molar-refractivity contribution < 1.29 is 15.0 Å². The summed E-state index contributed by atoms with van der Waals surface area (Å²) in [6.45, 7) is 0. The third-order valence-electron chi connectivity index (χ3n) is 1.45. The molecule has 0 radical (unpaired) electrons. The number of phenolic OH excluding ortho intramolecular Hbond substituents is 1. The summed E-state index contributed by atoms with van der Waals surface area (Å²) in [5.41, 5.74) is 6.14. The number of hydrogen-bond acceptors (Lipinski definition) is 3. The lowest BCUT2D eigenvalue weighted by Crippen LogP contribution is -2.00. The molecule has 0 aromatic heterocycles. The molecule has 1 aromatic rings. The molecular weight excluding hydrogens is 158 g/mol. The number of carbonyl (C=O) groups is 1. The Morgan fingerprint density at radius 3 is 2.67 bits per heavy atom. The quantitative estimate of drug-likeness (QED) is 0.445. The minimum atomic E-state index is -0.917. The van der Waals surface area contributed by atoms with Gasteiger partial charge in [0, 0.05) is 0 Å². The number of rotatable bonds is 2. The molecule has 0 spiro atoms. The lowest BCUT2D eigenvalue weighted by atomic mass is 10.1. The van der Waals surface area contributed by atoms with Crippen molar-refractivity contribution in [3.63, 3.8) is 0 Å². The van der Waals surface area contributed by atoms with E-state index in [-0.39, 0.29) is 17.9 Å². The maximum atomic E-state index is 10.3. The zero-order valence-electron chi connectivity index (χ0n) is 6.32. The van der Waals surface area contributed by atoms with Crippen molar-refractivity contribution in [3.05, 3.63) is 23.8 Å². The number of nitrogens with two attached hydrogens (primary N) is 1. The number of aromatic hydroxyl groups is 1. The molecule has 0 atom stereocenters. The standard InChI is InChI=1S/C8H9NO3/c9-6-3-5(4-8(11)12)1-2-7(6)10/h1-3,10H,4,9H2,(H,11,12). The number of carboxylic acid groups (broad SMARTS) is 1. The molecule has 1 rings (SSSR count). The average molecular weight is 167 g/mol. The first-order chi connectivity index (χ1) is 5.59. The van der Waals surface area contributed by atoms with Gasteiger partial charge in [0.1, 0.15) is 5.75 Å². The zero-order valence-corrected chi connectivity index (χ0v) is 6.32. The van der Waals surface area contributed by atoms with E-state index in [0.717, 1.165) is 0 Å². The molecule has 4 nitrogen and oxygen atoms in total. The van der Waals surface area contributed by atoms with Gasteiger partial charge in [-0.15, -0.1) is 0 Å². The molecule has 4 heteroatoms. The third-order valence-corrected chi connectivity index (χ3v) is 1.45. The van der Waals surface area contributed by atoms with E-state index in [4.69, 9.17) is 15.9 Å². The molecule has 0 heterocycles. The number of anilines is 1. The van der Waals surface area contributed by atoms with E-state index < -0.39 is 5.97 Å². The summed E-state index contributed by atoms with van der Waals surface area (Å²) in [6.07, 6.45) is -0.0789. The first-order valence-electron chi connectivity index (χ1n) is 3.39. The van der Waals surface area contributed by atoms with Crippen LogP contribution in [0.25, 0.3) is 0 Å². The van der Waals surface area contributed by atoms with Crippen LogP contribution in [0.5, 0.6) is 5.75 Å². The SMILES string of the molecule is Nc1cc(CC(=O)O)ccc1O. The van der Waals surface area contributed by atoms with Crippen molar-refractivity contribution in [2.45, 2.75) is 6.42 Å².